The van der Waals surface area contributed by atoms with E-state index in [2.05, 4.69) is 0 Å². The second-order valence-electron chi connectivity index (χ2n) is 5.58. The number of ether oxygens (including phenoxy) is 2. The maximum absolute atomic E-state index is 13.6. The van der Waals surface area contributed by atoms with E-state index in [1.54, 1.807) is 12.1 Å². The molecular weight excluding hydrogens is 323 g/mol. The van der Waals surface area contributed by atoms with Gasteiger partial charge in [-0.25, -0.2) is 9.18 Å². The minimum Gasteiger partial charge on any atom is -0.494 e. The Morgan fingerprint density at radius 1 is 1.12 bits per heavy atom. The molecule has 0 saturated carbocycles. The van der Waals surface area contributed by atoms with Crippen LogP contribution < -0.4 is 4.74 Å². The fourth-order valence-corrected chi connectivity index (χ4v) is 2.34. The third-order valence-corrected chi connectivity index (χ3v) is 3.62. The van der Waals surface area contributed by atoms with E-state index in [0.717, 1.165) is 17.2 Å². The summed E-state index contributed by atoms with van der Waals surface area (Å²) in [5.41, 5.74) is 2.90. The Balaban J connectivity index is 1.94. The summed E-state index contributed by atoms with van der Waals surface area (Å²) in [6.07, 6.45) is 2.56. The maximum Gasteiger partial charge on any atom is 0.331 e. The van der Waals surface area contributed by atoms with Gasteiger partial charge in [0.15, 0.2) is 18.2 Å². The van der Waals surface area contributed by atoms with Crippen molar-refractivity contribution in [2.45, 2.75) is 13.8 Å². The third-order valence-electron chi connectivity index (χ3n) is 3.62. The number of rotatable bonds is 6. The highest BCUT2D eigenvalue weighted by atomic mass is 19.1. The third kappa shape index (κ3) is 5.01. The molecule has 25 heavy (non-hydrogen) atoms. The number of carbonyl (C=O) groups excluding carboxylic acids is 2. The molecule has 2 aromatic carbocycles. The molecule has 0 amide bonds. The summed E-state index contributed by atoms with van der Waals surface area (Å²) in [6.45, 7) is 3.43. The van der Waals surface area contributed by atoms with E-state index in [0.29, 0.717) is 11.1 Å². The number of methoxy groups -OCH3 is 1. The first-order valence-electron chi connectivity index (χ1n) is 7.69. The molecule has 0 N–H and O–H groups in total. The quantitative estimate of drug-likeness (QED) is 0.454. The fraction of sp³-hybridized carbons (Fsp3) is 0.200. The molecule has 2 aromatic rings. The summed E-state index contributed by atoms with van der Waals surface area (Å²) < 4.78 is 23.3. The maximum atomic E-state index is 13.6. The minimum absolute atomic E-state index is 0.124. The van der Waals surface area contributed by atoms with Gasteiger partial charge in [0, 0.05) is 11.6 Å². The highest BCUT2D eigenvalue weighted by molar-refractivity contribution is 6.00. The van der Waals surface area contributed by atoms with Crippen molar-refractivity contribution < 1.29 is 23.5 Å². The van der Waals surface area contributed by atoms with Crippen molar-refractivity contribution >= 4 is 17.8 Å². The highest BCUT2D eigenvalue weighted by Gasteiger charge is 2.11. The van der Waals surface area contributed by atoms with Crippen LogP contribution in [0.2, 0.25) is 0 Å². The lowest BCUT2D eigenvalue weighted by molar-refractivity contribution is -0.136. The van der Waals surface area contributed by atoms with Crippen LogP contribution in [0.25, 0.3) is 6.08 Å². The van der Waals surface area contributed by atoms with Crippen LogP contribution in [0.15, 0.2) is 42.5 Å². The molecule has 4 nitrogen and oxygen atoms in total. The number of benzene rings is 2. The van der Waals surface area contributed by atoms with Gasteiger partial charge in [-0.15, -0.1) is 0 Å². The lowest BCUT2D eigenvalue weighted by atomic mass is 10.0. The van der Waals surface area contributed by atoms with Crippen molar-refractivity contribution in [1.29, 1.82) is 0 Å². The number of hydrogen-bond donors (Lipinski definition) is 0. The lowest BCUT2D eigenvalue weighted by Crippen LogP contribution is -2.13. The molecule has 130 valence electrons. The van der Waals surface area contributed by atoms with Crippen LogP contribution in [-0.2, 0) is 9.53 Å². The number of Topliss-reactive ketones (excluding diaryl/α,β-unsaturated/α-hetero) is 1. The van der Waals surface area contributed by atoms with Gasteiger partial charge in [-0.3, -0.25) is 4.79 Å². The Morgan fingerprint density at radius 3 is 2.52 bits per heavy atom. The zero-order chi connectivity index (χ0) is 18.4. The predicted octanol–water partition coefficient (Wildman–Crippen LogP) is 3.89. The van der Waals surface area contributed by atoms with Gasteiger partial charge in [-0.2, -0.15) is 0 Å². The fourth-order valence-electron chi connectivity index (χ4n) is 2.34. The van der Waals surface area contributed by atoms with Crippen LogP contribution in [0.1, 0.15) is 27.0 Å². The van der Waals surface area contributed by atoms with Crippen molar-refractivity contribution in [2.24, 2.45) is 0 Å². The van der Waals surface area contributed by atoms with Gasteiger partial charge in [0.2, 0.25) is 5.78 Å². The molecule has 0 spiro atoms. The van der Waals surface area contributed by atoms with E-state index in [9.17, 15) is 14.0 Å². The normalized spacial score (nSPS) is 10.7. The molecule has 0 saturated heterocycles. The Kier molecular flexibility index (Phi) is 6.06. The van der Waals surface area contributed by atoms with Crippen LogP contribution in [-0.4, -0.2) is 25.5 Å². The van der Waals surface area contributed by atoms with Crippen LogP contribution in [0, 0.1) is 19.7 Å². The molecule has 0 atom stereocenters. The van der Waals surface area contributed by atoms with Gasteiger partial charge in [-0.05, 0) is 43.2 Å². The van der Waals surface area contributed by atoms with E-state index in [1.165, 1.54) is 25.3 Å². The second kappa shape index (κ2) is 8.24. The molecule has 0 aliphatic rings. The topological polar surface area (TPSA) is 52.6 Å². The zero-order valence-electron chi connectivity index (χ0n) is 14.3. The van der Waals surface area contributed by atoms with Gasteiger partial charge in [-0.1, -0.05) is 29.8 Å². The average Bonchev–Trinajstić information content (AvgIpc) is 2.58. The summed E-state index contributed by atoms with van der Waals surface area (Å²) in [6, 6.07) is 9.75. The van der Waals surface area contributed by atoms with E-state index in [4.69, 9.17) is 9.47 Å². The van der Waals surface area contributed by atoms with E-state index >= 15 is 0 Å². The molecule has 0 aliphatic carbocycles. The first kappa shape index (κ1) is 18.4. The molecule has 0 unspecified atom stereocenters. The van der Waals surface area contributed by atoms with Gasteiger partial charge in [0.05, 0.1) is 7.11 Å². The molecule has 0 aromatic heterocycles. The van der Waals surface area contributed by atoms with Crippen LogP contribution >= 0.6 is 0 Å². The Labute approximate surface area is 145 Å². The summed E-state index contributed by atoms with van der Waals surface area (Å²) in [7, 11) is 1.37. The van der Waals surface area contributed by atoms with E-state index in [-0.39, 0.29) is 18.1 Å². The average molecular weight is 342 g/mol. The summed E-state index contributed by atoms with van der Waals surface area (Å²) >= 11 is 0. The molecule has 0 bridgehead atoms. The summed E-state index contributed by atoms with van der Waals surface area (Å²) in [5, 5.41) is 0. The summed E-state index contributed by atoms with van der Waals surface area (Å²) in [5.74, 6) is -1.34. The van der Waals surface area contributed by atoms with Gasteiger partial charge < -0.3 is 9.47 Å². The molecule has 2 rings (SSSR count). The van der Waals surface area contributed by atoms with Crippen molar-refractivity contribution in [3.63, 3.8) is 0 Å². The molecular formula is C20H19FO4. The van der Waals surface area contributed by atoms with Gasteiger partial charge in [0.1, 0.15) is 0 Å². The van der Waals surface area contributed by atoms with Gasteiger partial charge >= 0.3 is 5.97 Å². The monoisotopic (exact) mass is 342 g/mol. The van der Waals surface area contributed by atoms with Gasteiger partial charge in [0.25, 0.3) is 0 Å². The number of halogens is 1. The lowest BCUT2D eigenvalue weighted by Gasteiger charge is -2.06. The number of carbonyl (C=O) groups is 2. The highest BCUT2D eigenvalue weighted by Crippen LogP contribution is 2.18. The SMILES string of the molecule is COc1ccc(/C=C/C(=O)OCC(=O)c2ccc(C)cc2C)cc1F. The molecule has 0 fully saturated rings. The summed E-state index contributed by atoms with van der Waals surface area (Å²) in [4.78, 5) is 23.8. The van der Waals surface area contributed by atoms with Crippen molar-refractivity contribution in [2.75, 3.05) is 13.7 Å². The molecule has 0 heterocycles. The first-order valence-corrected chi connectivity index (χ1v) is 7.69. The number of aryl methyl sites for hydroxylation is 2. The minimum atomic E-state index is -0.672. The number of esters is 1. The Hall–Kier alpha value is -2.95. The molecule has 5 heteroatoms. The molecule has 0 radical (unpaired) electrons. The number of ketones is 1. The second-order valence-corrected chi connectivity index (χ2v) is 5.58. The first-order chi connectivity index (χ1) is 11.9. The number of hydrogen-bond acceptors (Lipinski definition) is 4. The van der Waals surface area contributed by atoms with Crippen LogP contribution in [0.5, 0.6) is 5.75 Å². The van der Waals surface area contributed by atoms with E-state index in [1.807, 2.05) is 26.0 Å². The Morgan fingerprint density at radius 2 is 1.88 bits per heavy atom. The van der Waals surface area contributed by atoms with Crippen LogP contribution in [0.3, 0.4) is 0 Å². The van der Waals surface area contributed by atoms with Crippen LogP contribution in [0.4, 0.5) is 4.39 Å². The predicted molar refractivity (Wildman–Crippen MR) is 93.2 cm³/mol. The largest absolute Gasteiger partial charge is 0.494 e. The Bertz CT molecular complexity index is 824. The smallest absolute Gasteiger partial charge is 0.331 e. The van der Waals surface area contributed by atoms with Crippen molar-refractivity contribution in [3.8, 4) is 5.75 Å². The molecule has 0 aliphatic heterocycles. The standard InChI is InChI=1S/C20H19FO4/c1-13-4-7-16(14(2)10-13)18(22)12-25-20(23)9-6-15-5-8-19(24-3)17(21)11-15/h4-11H,12H2,1-3H3/b9-6+. The zero-order valence-corrected chi connectivity index (χ0v) is 14.3. The van der Waals surface area contributed by atoms with E-state index < -0.39 is 11.8 Å². The van der Waals surface area contributed by atoms with Crippen molar-refractivity contribution in [1.82, 2.24) is 0 Å². The van der Waals surface area contributed by atoms with Crippen molar-refractivity contribution in [3.05, 3.63) is 70.5 Å².